The molecule has 0 radical (unpaired) electrons. The molecule has 0 bridgehead atoms. The van der Waals surface area contributed by atoms with Crippen molar-refractivity contribution in [2.24, 2.45) is 0 Å². The highest BCUT2D eigenvalue weighted by Crippen LogP contribution is 2.44. The zero-order valence-corrected chi connectivity index (χ0v) is 10.3. The first-order valence-corrected chi connectivity index (χ1v) is 5.83. The van der Waals surface area contributed by atoms with E-state index in [0.29, 0.717) is 11.5 Å². The highest BCUT2D eigenvalue weighted by molar-refractivity contribution is 5.44. The lowest BCUT2D eigenvalue weighted by molar-refractivity contribution is -0.279. The van der Waals surface area contributed by atoms with E-state index in [1.54, 1.807) is 7.11 Å². The molecule has 0 atom stereocenters. The van der Waals surface area contributed by atoms with Gasteiger partial charge < -0.3 is 14.2 Å². The Morgan fingerprint density at radius 1 is 0.944 bits per heavy atom. The van der Waals surface area contributed by atoms with Crippen molar-refractivity contribution in [2.75, 3.05) is 7.11 Å². The van der Waals surface area contributed by atoms with Crippen LogP contribution in [0.15, 0.2) is 48.5 Å². The maximum Gasteiger partial charge on any atom is 0.401 e. The Labute approximate surface area is 106 Å². The van der Waals surface area contributed by atoms with Crippen LogP contribution in [-0.4, -0.2) is 7.11 Å². The fraction of sp³-hybridized carbons (Fsp3) is 0.200. The number of rotatable bonds is 2. The minimum absolute atomic E-state index is 0.695. The van der Waals surface area contributed by atoms with Crippen LogP contribution < -0.4 is 9.47 Å². The summed E-state index contributed by atoms with van der Waals surface area (Å²) in [7, 11) is 1.58. The molecular weight excluding hydrogens is 228 g/mol. The lowest BCUT2D eigenvalue weighted by Gasteiger charge is -2.25. The van der Waals surface area contributed by atoms with Crippen LogP contribution in [-0.2, 0) is 10.7 Å². The van der Waals surface area contributed by atoms with E-state index in [9.17, 15) is 0 Å². The van der Waals surface area contributed by atoms with E-state index in [-0.39, 0.29) is 0 Å². The van der Waals surface area contributed by atoms with Crippen molar-refractivity contribution >= 4 is 0 Å². The Balaban J connectivity index is 2.04. The highest BCUT2D eigenvalue weighted by atomic mass is 16.9. The maximum atomic E-state index is 5.84. The summed E-state index contributed by atoms with van der Waals surface area (Å²) in [6.07, 6.45) is 0. The summed E-state index contributed by atoms with van der Waals surface area (Å²) >= 11 is 0. The van der Waals surface area contributed by atoms with E-state index in [2.05, 4.69) is 0 Å². The zero-order valence-electron chi connectivity index (χ0n) is 10.3. The normalized spacial score (nSPS) is 15.7. The molecule has 0 spiro atoms. The number of aryl methyl sites for hydroxylation is 1. The standard InChI is InChI=1S/C15H14O3/c1-11-6-5-7-12(10-11)15(16-2)17-13-8-3-4-9-14(13)18-15/h3-10H,1-2H3. The summed E-state index contributed by atoms with van der Waals surface area (Å²) in [4.78, 5) is 0. The lowest BCUT2D eigenvalue weighted by Crippen LogP contribution is -2.37. The van der Waals surface area contributed by atoms with E-state index in [0.717, 1.165) is 11.1 Å². The summed E-state index contributed by atoms with van der Waals surface area (Å²) in [5.74, 6) is 0.220. The van der Waals surface area contributed by atoms with Gasteiger partial charge in [0.25, 0.3) is 0 Å². The number of benzene rings is 2. The molecular formula is C15H14O3. The zero-order chi connectivity index (χ0) is 12.6. The lowest BCUT2D eigenvalue weighted by atomic mass is 10.1. The van der Waals surface area contributed by atoms with E-state index in [1.807, 2.05) is 55.5 Å². The van der Waals surface area contributed by atoms with Crippen molar-refractivity contribution in [2.45, 2.75) is 12.9 Å². The Morgan fingerprint density at radius 3 is 2.17 bits per heavy atom. The van der Waals surface area contributed by atoms with Gasteiger partial charge in [0.05, 0.1) is 5.56 Å². The van der Waals surface area contributed by atoms with Crippen molar-refractivity contribution in [1.82, 2.24) is 0 Å². The molecule has 92 valence electrons. The molecule has 1 aliphatic heterocycles. The van der Waals surface area contributed by atoms with E-state index in [4.69, 9.17) is 14.2 Å². The first-order valence-electron chi connectivity index (χ1n) is 5.83. The number of hydrogen-bond acceptors (Lipinski definition) is 3. The largest absolute Gasteiger partial charge is 0.422 e. The fourth-order valence-corrected chi connectivity index (χ4v) is 2.08. The number of ether oxygens (including phenoxy) is 3. The van der Waals surface area contributed by atoms with Crippen molar-refractivity contribution in [3.63, 3.8) is 0 Å². The Kier molecular flexibility index (Phi) is 2.49. The van der Waals surface area contributed by atoms with E-state index in [1.165, 1.54) is 0 Å². The number of methoxy groups -OCH3 is 1. The van der Waals surface area contributed by atoms with Crippen LogP contribution in [0.5, 0.6) is 11.5 Å². The van der Waals surface area contributed by atoms with Crippen LogP contribution in [0.2, 0.25) is 0 Å². The van der Waals surface area contributed by atoms with Crippen LogP contribution in [0, 0.1) is 6.92 Å². The molecule has 0 saturated carbocycles. The van der Waals surface area contributed by atoms with Crippen LogP contribution in [0.1, 0.15) is 11.1 Å². The Hall–Kier alpha value is -2.00. The van der Waals surface area contributed by atoms with Gasteiger partial charge in [-0.15, -0.1) is 0 Å². The van der Waals surface area contributed by atoms with Crippen molar-refractivity contribution in [1.29, 1.82) is 0 Å². The second kappa shape index (κ2) is 4.03. The first-order chi connectivity index (χ1) is 8.73. The van der Waals surface area contributed by atoms with Gasteiger partial charge in [-0.25, -0.2) is 0 Å². The van der Waals surface area contributed by atoms with Gasteiger partial charge in [-0.05, 0) is 31.2 Å². The summed E-state index contributed by atoms with van der Waals surface area (Å²) in [6.45, 7) is 2.02. The molecule has 0 amide bonds. The predicted octanol–water partition coefficient (Wildman–Crippen LogP) is 3.22. The summed E-state index contributed by atoms with van der Waals surface area (Å²) in [6, 6.07) is 15.5. The van der Waals surface area contributed by atoms with Crippen LogP contribution in [0.4, 0.5) is 0 Å². The van der Waals surface area contributed by atoms with Gasteiger partial charge in [0.2, 0.25) is 0 Å². The molecule has 0 fully saturated rings. The Morgan fingerprint density at radius 2 is 1.61 bits per heavy atom. The molecule has 1 heterocycles. The first kappa shape index (κ1) is 11.1. The van der Waals surface area contributed by atoms with Crippen LogP contribution in [0.25, 0.3) is 0 Å². The summed E-state index contributed by atoms with van der Waals surface area (Å²) < 4.78 is 17.2. The molecule has 2 aromatic carbocycles. The minimum Gasteiger partial charge on any atom is -0.422 e. The minimum atomic E-state index is -1.17. The number of para-hydroxylation sites is 2. The third-order valence-corrected chi connectivity index (χ3v) is 2.98. The molecule has 0 N–H and O–H groups in total. The molecule has 3 heteroatoms. The van der Waals surface area contributed by atoms with Gasteiger partial charge >= 0.3 is 5.97 Å². The topological polar surface area (TPSA) is 27.7 Å². The highest BCUT2D eigenvalue weighted by Gasteiger charge is 2.44. The summed E-state index contributed by atoms with van der Waals surface area (Å²) in [5.41, 5.74) is 1.98. The molecule has 1 aliphatic rings. The maximum absolute atomic E-state index is 5.84. The molecule has 2 aromatic rings. The van der Waals surface area contributed by atoms with E-state index >= 15 is 0 Å². The fourth-order valence-electron chi connectivity index (χ4n) is 2.08. The second-order valence-corrected chi connectivity index (χ2v) is 4.28. The van der Waals surface area contributed by atoms with Crippen LogP contribution in [0.3, 0.4) is 0 Å². The predicted molar refractivity (Wildman–Crippen MR) is 67.6 cm³/mol. The molecule has 3 rings (SSSR count). The molecule has 0 saturated heterocycles. The van der Waals surface area contributed by atoms with Crippen molar-refractivity contribution in [3.8, 4) is 11.5 Å². The van der Waals surface area contributed by atoms with Gasteiger partial charge in [-0.3, -0.25) is 0 Å². The summed E-state index contributed by atoms with van der Waals surface area (Å²) in [5, 5.41) is 0. The molecule has 0 aromatic heterocycles. The smallest absolute Gasteiger partial charge is 0.401 e. The molecule has 3 nitrogen and oxygen atoms in total. The third-order valence-electron chi connectivity index (χ3n) is 2.98. The monoisotopic (exact) mass is 242 g/mol. The molecule has 0 aliphatic carbocycles. The molecule has 18 heavy (non-hydrogen) atoms. The third kappa shape index (κ3) is 1.64. The van der Waals surface area contributed by atoms with Gasteiger partial charge in [0.15, 0.2) is 11.5 Å². The SMILES string of the molecule is COC1(c2cccc(C)c2)Oc2ccccc2O1. The quantitative estimate of drug-likeness (QED) is 0.809. The van der Waals surface area contributed by atoms with E-state index < -0.39 is 5.97 Å². The Bertz CT molecular complexity index is 552. The van der Waals surface area contributed by atoms with Crippen molar-refractivity contribution < 1.29 is 14.2 Å². The van der Waals surface area contributed by atoms with Gasteiger partial charge in [0.1, 0.15) is 0 Å². The second-order valence-electron chi connectivity index (χ2n) is 4.28. The van der Waals surface area contributed by atoms with Gasteiger partial charge in [0, 0.05) is 7.11 Å². The van der Waals surface area contributed by atoms with Crippen molar-refractivity contribution in [3.05, 3.63) is 59.7 Å². The average molecular weight is 242 g/mol. The van der Waals surface area contributed by atoms with Gasteiger partial charge in [-0.1, -0.05) is 29.8 Å². The molecule has 0 unspecified atom stereocenters. The van der Waals surface area contributed by atoms with Crippen LogP contribution >= 0.6 is 0 Å². The number of hydrogen-bond donors (Lipinski definition) is 0. The number of fused-ring (bicyclic) bond motifs is 1. The average Bonchev–Trinajstić information content (AvgIpc) is 2.78. The van der Waals surface area contributed by atoms with Gasteiger partial charge in [-0.2, -0.15) is 0 Å².